The Morgan fingerprint density at radius 2 is 1.82 bits per heavy atom. The third kappa shape index (κ3) is 5.52. The third-order valence-electron chi connectivity index (χ3n) is 6.36. The van der Waals surface area contributed by atoms with E-state index in [2.05, 4.69) is 42.0 Å². The second kappa shape index (κ2) is 11.2. The van der Waals surface area contributed by atoms with E-state index in [1.807, 2.05) is 30.3 Å². The summed E-state index contributed by atoms with van der Waals surface area (Å²) in [5.41, 5.74) is 3.05. The van der Waals surface area contributed by atoms with Gasteiger partial charge in [-0.05, 0) is 48.5 Å². The van der Waals surface area contributed by atoms with Crippen LogP contribution in [0.3, 0.4) is 0 Å². The van der Waals surface area contributed by atoms with Gasteiger partial charge in [0.15, 0.2) is 5.65 Å². The Labute approximate surface area is 218 Å². The second-order valence-electron chi connectivity index (χ2n) is 8.78. The van der Waals surface area contributed by atoms with Crippen LogP contribution in [-0.2, 0) is 4.79 Å². The number of alkyl halides is 1. The Kier molecular flexibility index (Phi) is 7.36. The number of hydrogen-bond donors (Lipinski definition) is 2. The van der Waals surface area contributed by atoms with Crippen LogP contribution in [0.25, 0.3) is 16.7 Å². The molecule has 10 nitrogen and oxygen atoms in total. The van der Waals surface area contributed by atoms with Crippen molar-refractivity contribution in [3.8, 4) is 5.69 Å². The van der Waals surface area contributed by atoms with Crippen LogP contribution in [0.1, 0.15) is 0 Å². The first-order valence-corrected chi connectivity index (χ1v) is 12.2. The fourth-order valence-electron chi connectivity index (χ4n) is 4.35. The molecule has 0 aliphatic carbocycles. The van der Waals surface area contributed by atoms with Gasteiger partial charge in [-0.1, -0.05) is 12.6 Å². The molecule has 3 heterocycles. The molecule has 38 heavy (non-hydrogen) atoms. The van der Waals surface area contributed by atoms with Gasteiger partial charge in [0.05, 0.1) is 5.69 Å². The van der Waals surface area contributed by atoms with Gasteiger partial charge in [0, 0.05) is 56.0 Å². The zero-order valence-corrected chi connectivity index (χ0v) is 20.7. The lowest BCUT2D eigenvalue weighted by Crippen LogP contribution is -2.47. The van der Waals surface area contributed by atoms with Crippen LogP contribution in [0.5, 0.6) is 0 Å². The standard InChI is InChI=1S/C27H27FN8O2/c1-2-24(37)31-20-4-3-5-22(16-20)36-18-30-26(38)23-17-29-27(33-25(23)36)32-19-6-8-21(9-7-19)35-14-12-34(11-10-28)13-15-35/h2-9,16-18H,1,10-15H2,(H,31,37)(H,29,32,33). The van der Waals surface area contributed by atoms with E-state index in [1.165, 1.54) is 18.6 Å². The van der Waals surface area contributed by atoms with Crippen molar-refractivity contribution in [1.82, 2.24) is 24.4 Å². The zero-order valence-electron chi connectivity index (χ0n) is 20.7. The van der Waals surface area contributed by atoms with Crippen LogP contribution in [0.15, 0.2) is 78.5 Å². The summed E-state index contributed by atoms with van der Waals surface area (Å²) in [6.45, 7) is 7.03. The number of piperazine rings is 1. The number of carbonyl (C=O) groups is 1. The maximum absolute atomic E-state index is 12.6. The molecular weight excluding hydrogens is 487 g/mol. The molecule has 0 radical (unpaired) electrons. The minimum Gasteiger partial charge on any atom is -0.369 e. The van der Waals surface area contributed by atoms with E-state index in [4.69, 9.17) is 0 Å². The van der Waals surface area contributed by atoms with Crippen molar-refractivity contribution in [1.29, 1.82) is 0 Å². The predicted octanol–water partition coefficient (Wildman–Crippen LogP) is 3.14. The van der Waals surface area contributed by atoms with Gasteiger partial charge in [-0.25, -0.2) is 9.37 Å². The van der Waals surface area contributed by atoms with Crippen molar-refractivity contribution >= 4 is 40.0 Å². The van der Waals surface area contributed by atoms with Crippen LogP contribution < -0.4 is 21.1 Å². The summed E-state index contributed by atoms with van der Waals surface area (Å²) < 4.78 is 14.3. The largest absolute Gasteiger partial charge is 0.369 e. The van der Waals surface area contributed by atoms with Gasteiger partial charge >= 0.3 is 0 Å². The van der Waals surface area contributed by atoms with E-state index in [9.17, 15) is 14.0 Å². The molecule has 1 fully saturated rings. The Hall–Kier alpha value is -4.64. The smallest absolute Gasteiger partial charge is 0.283 e. The molecule has 0 atom stereocenters. The van der Waals surface area contributed by atoms with Crippen LogP contribution in [0.2, 0.25) is 0 Å². The highest BCUT2D eigenvalue weighted by molar-refractivity contribution is 5.99. The van der Waals surface area contributed by atoms with E-state index < -0.39 is 5.56 Å². The summed E-state index contributed by atoms with van der Waals surface area (Å²) in [4.78, 5) is 41.4. The van der Waals surface area contributed by atoms with Crippen LogP contribution in [-0.4, -0.2) is 69.7 Å². The SMILES string of the molecule is C=CC(=O)Nc1cccc(-n2cnc(=O)c3cnc(Nc4ccc(N5CCN(CCF)CC5)cc4)nc32)c1. The molecule has 11 heteroatoms. The van der Waals surface area contributed by atoms with E-state index >= 15 is 0 Å². The average Bonchev–Trinajstić information content (AvgIpc) is 2.94. The summed E-state index contributed by atoms with van der Waals surface area (Å²) in [6, 6.07) is 15.0. The summed E-state index contributed by atoms with van der Waals surface area (Å²) in [5, 5.41) is 6.19. The zero-order chi connectivity index (χ0) is 26.5. The van der Waals surface area contributed by atoms with Gasteiger partial charge in [0.1, 0.15) is 18.4 Å². The molecule has 0 spiro atoms. The van der Waals surface area contributed by atoms with Crippen molar-refractivity contribution in [2.45, 2.75) is 0 Å². The first-order chi connectivity index (χ1) is 18.5. The van der Waals surface area contributed by atoms with Gasteiger partial charge in [-0.15, -0.1) is 0 Å². The molecule has 0 bridgehead atoms. The second-order valence-corrected chi connectivity index (χ2v) is 8.78. The maximum atomic E-state index is 12.6. The van der Waals surface area contributed by atoms with Crippen LogP contribution >= 0.6 is 0 Å². The lowest BCUT2D eigenvalue weighted by molar-refractivity contribution is -0.111. The highest BCUT2D eigenvalue weighted by atomic mass is 19.1. The van der Waals surface area contributed by atoms with Crippen molar-refractivity contribution in [2.24, 2.45) is 0 Å². The van der Waals surface area contributed by atoms with E-state index in [1.54, 1.807) is 22.8 Å². The van der Waals surface area contributed by atoms with Gasteiger partial charge < -0.3 is 15.5 Å². The lowest BCUT2D eigenvalue weighted by atomic mass is 10.2. The maximum Gasteiger partial charge on any atom is 0.283 e. The molecule has 0 unspecified atom stereocenters. The summed E-state index contributed by atoms with van der Waals surface area (Å²) in [7, 11) is 0. The number of fused-ring (bicyclic) bond motifs is 1. The molecule has 2 aromatic heterocycles. The minimum absolute atomic E-state index is 0.265. The quantitative estimate of drug-likeness (QED) is 0.346. The van der Waals surface area contributed by atoms with Gasteiger partial charge in [-0.2, -0.15) is 9.97 Å². The highest BCUT2D eigenvalue weighted by Crippen LogP contribution is 2.23. The van der Waals surface area contributed by atoms with Crippen LogP contribution in [0, 0.1) is 0 Å². The first-order valence-electron chi connectivity index (χ1n) is 12.2. The van der Waals surface area contributed by atoms with E-state index in [0.29, 0.717) is 29.5 Å². The number of anilines is 4. The molecule has 2 aromatic carbocycles. The minimum atomic E-state index is -0.435. The van der Waals surface area contributed by atoms with Gasteiger partial charge in [0.2, 0.25) is 11.9 Å². The number of halogens is 1. The fourth-order valence-corrected chi connectivity index (χ4v) is 4.35. The number of amides is 1. The van der Waals surface area contributed by atoms with Gasteiger partial charge in [0.25, 0.3) is 5.56 Å². The number of nitrogens with zero attached hydrogens (tertiary/aromatic N) is 6. The summed E-state index contributed by atoms with van der Waals surface area (Å²) in [5.74, 6) is -0.00974. The number of aromatic nitrogens is 4. The Morgan fingerprint density at radius 3 is 2.55 bits per heavy atom. The third-order valence-corrected chi connectivity index (χ3v) is 6.36. The Bertz CT molecular complexity index is 1510. The normalized spacial score (nSPS) is 13.9. The molecule has 4 aromatic rings. The number of benzene rings is 2. The molecule has 1 aliphatic heterocycles. The highest BCUT2D eigenvalue weighted by Gasteiger charge is 2.17. The predicted molar refractivity (Wildman–Crippen MR) is 146 cm³/mol. The summed E-state index contributed by atoms with van der Waals surface area (Å²) in [6.07, 6.45) is 4.04. The Balaban J connectivity index is 1.37. The molecular formula is C27H27FN8O2. The van der Waals surface area contributed by atoms with Crippen molar-refractivity contribution in [2.75, 3.05) is 54.9 Å². The molecule has 1 saturated heterocycles. The van der Waals surface area contributed by atoms with E-state index in [-0.39, 0.29) is 18.0 Å². The van der Waals surface area contributed by atoms with Crippen LogP contribution in [0.4, 0.5) is 27.4 Å². The first kappa shape index (κ1) is 25.0. The number of carbonyl (C=O) groups excluding carboxylic acids is 1. The molecule has 2 N–H and O–H groups in total. The lowest BCUT2D eigenvalue weighted by Gasteiger charge is -2.35. The fraction of sp³-hybridized carbons (Fsp3) is 0.222. The number of rotatable bonds is 8. The van der Waals surface area contributed by atoms with Crippen molar-refractivity contribution < 1.29 is 9.18 Å². The van der Waals surface area contributed by atoms with Gasteiger partial charge in [-0.3, -0.25) is 19.1 Å². The number of hydrogen-bond acceptors (Lipinski definition) is 8. The molecule has 1 aliphatic rings. The van der Waals surface area contributed by atoms with Crippen molar-refractivity contribution in [3.05, 3.63) is 84.1 Å². The Morgan fingerprint density at radius 1 is 1.03 bits per heavy atom. The molecule has 194 valence electrons. The van der Waals surface area contributed by atoms with Crippen molar-refractivity contribution in [3.63, 3.8) is 0 Å². The molecule has 1 amide bonds. The number of nitrogens with one attached hydrogen (secondary N) is 2. The topological polar surface area (TPSA) is 108 Å². The monoisotopic (exact) mass is 514 g/mol. The molecule has 0 saturated carbocycles. The molecule has 5 rings (SSSR count). The average molecular weight is 515 g/mol. The van der Waals surface area contributed by atoms with E-state index in [0.717, 1.165) is 37.6 Å². The summed E-state index contributed by atoms with van der Waals surface area (Å²) >= 11 is 0.